The van der Waals surface area contributed by atoms with Crippen molar-refractivity contribution in [1.29, 1.82) is 0 Å². The van der Waals surface area contributed by atoms with Crippen molar-refractivity contribution in [3.63, 3.8) is 0 Å². The number of nitrogens with one attached hydrogen (secondary N) is 1. The average molecular weight is 454 g/mol. The van der Waals surface area contributed by atoms with Crippen LogP contribution in [0.4, 0.5) is 0 Å². The molecule has 0 saturated carbocycles. The van der Waals surface area contributed by atoms with Crippen LogP contribution in [0, 0.1) is 0 Å². The number of rotatable bonds is 4. The molecular formula is C13H12Br3NS. The lowest BCUT2D eigenvalue weighted by Gasteiger charge is -2.15. The van der Waals surface area contributed by atoms with Gasteiger partial charge in [-0.2, -0.15) is 0 Å². The van der Waals surface area contributed by atoms with Gasteiger partial charge in [-0.15, -0.1) is 11.3 Å². The Hall–Kier alpha value is 0.320. The van der Waals surface area contributed by atoms with Gasteiger partial charge in [0.15, 0.2) is 0 Å². The van der Waals surface area contributed by atoms with Crippen LogP contribution in [0.25, 0.3) is 0 Å². The minimum Gasteiger partial charge on any atom is -0.305 e. The van der Waals surface area contributed by atoms with Crippen LogP contribution >= 0.6 is 59.1 Å². The van der Waals surface area contributed by atoms with Crippen LogP contribution in [0.1, 0.15) is 23.4 Å². The zero-order valence-corrected chi connectivity index (χ0v) is 15.3. The first-order chi connectivity index (χ1) is 8.56. The van der Waals surface area contributed by atoms with E-state index in [9.17, 15) is 0 Å². The van der Waals surface area contributed by atoms with E-state index < -0.39 is 0 Å². The van der Waals surface area contributed by atoms with Crippen molar-refractivity contribution >= 4 is 59.1 Å². The van der Waals surface area contributed by atoms with Crippen LogP contribution in [0.3, 0.4) is 0 Å². The lowest BCUT2D eigenvalue weighted by molar-refractivity contribution is 0.577. The second-order valence-electron chi connectivity index (χ2n) is 4.00. The predicted molar refractivity (Wildman–Crippen MR) is 89.1 cm³/mol. The second kappa shape index (κ2) is 6.66. The van der Waals surface area contributed by atoms with Gasteiger partial charge in [0.1, 0.15) is 0 Å². The fraction of sp³-hybridized carbons (Fsp3) is 0.231. The number of hydrogen-bond acceptors (Lipinski definition) is 2. The van der Waals surface area contributed by atoms with Crippen LogP contribution in [0.5, 0.6) is 0 Å². The lowest BCUT2D eigenvalue weighted by Crippen LogP contribution is -2.17. The molecule has 1 unspecified atom stereocenters. The van der Waals surface area contributed by atoms with Crippen LogP contribution in [-0.4, -0.2) is 0 Å². The van der Waals surface area contributed by atoms with E-state index in [1.54, 1.807) is 11.3 Å². The number of thiophene rings is 1. The van der Waals surface area contributed by atoms with E-state index in [0.717, 1.165) is 20.0 Å². The standard InChI is InChI=1S/C13H12Br3NS/c1-8(12-3-2-9(14)5-13(12)16)17-6-11-4-10(15)7-18-11/h2-5,7-8,17H,6H2,1H3. The van der Waals surface area contributed by atoms with Crippen LogP contribution in [-0.2, 0) is 6.54 Å². The van der Waals surface area contributed by atoms with Gasteiger partial charge in [-0.1, -0.05) is 37.9 Å². The number of halogens is 3. The van der Waals surface area contributed by atoms with Crippen molar-refractivity contribution in [3.05, 3.63) is 53.5 Å². The van der Waals surface area contributed by atoms with Gasteiger partial charge in [-0.3, -0.25) is 0 Å². The maximum Gasteiger partial charge on any atom is 0.0306 e. The third-order valence-electron chi connectivity index (χ3n) is 2.63. The SMILES string of the molecule is CC(NCc1cc(Br)cs1)c1ccc(Br)cc1Br. The van der Waals surface area contributed by atoms with Crippen LogP contribution in [0.15, 0.2) is 43.1 Å². The van der Waals surface area contributed by atoms with E-state index in [4.69, 9.17) is 0 Å². The number of benzene rings is 1. The Morgan fingerprint density at radius 3 is 2.56 bits per heavy atom. The third kappa shape index (κ3) is 3.90. The summed E-state index contributed by atoms with van der Waals surface area (Å²) >= 11 is 12.3. The summed E-state index contributed by atoms with van der Waals surface area (Å²) in [6.07, 6.45) is 0. The van der Waals surface area contributed by atoms with Crippen molar-refractivity contribution in [2.24, 2.45) is 0 Å². The van der Waals surface area contributed by atoms with Gasteiger partial charge in [-0.05, 0) is 46.6 Å². The van der Waals surface area contributed by atoms with E-state index >= 15 is 0 Å². The highest BCUT2D eigenvalue weighted by atomic mass is 79.9. The van der Waals surface area contributed by atoms with Crippen molar-refractivity contribution in [2.75, 3.05) is 0 Å². The van der Waals surface area contributed by atoms with Crippen LogP contribution in [0.2, 0.25) is 0 Å². The highest BCUT2D eigenvalue weighted by Gasteiger charge is 2.09. The van der Waals surface area contributed by atoms with Crippen LogP contribution < -0.4 is 5.32 Å². The first-order valence-electron chi connectivity index (χ1n) is 5.47. The van der Waals surface area contributed by atoms with Gasteiger partial charge >= 0.3 is 0 Å². The monoisotopic (exact) mass is 451 g/mol. The Bertz CT molecular complexity index is 539. The normalized spacial score (nSPS) is 12.7. The molecule has 0 fully saturated rings. The van der Waals surface area contributed by atoms with Gasteiger partial charge < -0.3 is 5.32 Å². The minimum absolute atomic E-state index is 0.313. The van der Waals surface area contributed by atoms with E-state index in [-0.39, 0.29) is 0 Å². The molecule has 0 aliphatic carbocycles. The summed E-state index contributed by atoms with van der Waals surface area (Å²) in [5.74, 6) is 0. The van der Waals surface area contributed by atoms with Gasteiger partial charge in [0.2, 0.25) is 0 Å². The maximum absolute atomic E-state index is 3.60. The fourth-order valence-electron chi connectivity index (χ4n) is 1.66. The molecule has 1 nitrogen and oxygen atoms in total. The summed E-state index contributed by atoms with van der Waals surface area (Å²) in [5, 5.41) is 5.64. The molecule has 5 heteroatoms. The minimum atomic E-state index is 0.313. The van der Waals surface area contributed by atoms with Crippen molar-refractivity contribution in [2.45, 2.75) is 19.5 Å². The molecule has 0 aliphatic heterocycles. The molecule has 0 bridgehead atoms. The number of hydrogen-bond donors (Lipinski definition) is 1. The molecule has 1 aromatic heterocycles. The molecule has 0 aliphatic rings. The van der Waals surface area contributed by atoms with E-state index in [1.165, 1.54) is 10.4 Å². The lowest BCUT2D eigenvalue weighted by atomic mass is 10.1. The molecule has 1 atom stereocenters. The Labute approximate surface area is 136 Å². The summed E-state index contributed by atoms with van der Waals surface area (Å²) in [4.78, 5) is 1.34. The quantitative estimate of drug-likeness (QED) is 0.609. The van der Waals surface area contributed by atoms with E-state index in [1.807, 2.05) is 0 Å². The average Bonchev–Trinajstić information content (AvgIpc) is 2.72. The Morgan fingerprint density at radius 2 is 1.94 bits per heavy atom. The van der Waals surface area contributed by atoms with Gasteiger partial charge in [-0.25, -0.2) is 0 Å². The van der Waals surface area contributed by atoms with Crippen molar-refractivity contribution in [1.82, 2.24) is 5.32 Å². The molecule has 0 amide bonds. The molecule has 1 aromatic carbocycles. The summed E-state index contributed by atoms with van der Waals surface area (Å²) in [6, 6.07) is 8.75. The molecule has 1 N–H and O–H groups in total. The molecule has 96 valence electrons. The van der Waals surface area contributed by atoms with Crippen molar-refractivity contribution in [3.8, 4) is 0 Å². The van der Waals surface area contributed by atoms with Gasteiger partial charge in [0.25, 0.3) is 0 Å². The van der Waals surface area contributed by atoms with Gasteiger partial charge in [0.05, 0.1) is 0 Å². The highest BCUT2D eigenvalue weighted by molar-refractivity contribution is 9.11. The Morgan fingerprint density at radius 1 is 1.17 bits per heavy atom. The molecule has 0 saturated heterocycles. The fourth-order valence-corrected chi connectivity index (χ4v) is 4.46. The first kappa shape index (κ1) is 14.7. The molecule has 0 radical (unpaired) electrons. The topological polar surface area (TPSA) is 12.0 Å². The summed E-state index contributed by atoms with van der Waals surface area (Å²) in [5.41, 5.74) is 1.27. The summed E-state index contributed by atoms with van der Waals surface area (Å²) in [6.45, 7) is 3.07. The maximum atomic E-state index is 3.60. The molecule has 1 heterocycles. The Kier molecular flexibility index (Phi) is 5.45. The zero-order valence-electron chi connectivity index (χ0n) is 9.71. The Balaban J connectivity index is 2.01. The molecule has 2 aromatic rings. The summed E-state index contributed by atoms with van der Waals surface area (Å²) < 4.78 is 3.37. The van der Waals surface area contributed by atoms with E-state index in [2.05, 4.69) is 89.7 Å². The third-order valence-corrected chi connectivity index (χ3v) is 5.51. The molecule has 18 heavy (non-hydrogen) atoms. The second-order valence-corrected chi connectivity index (χ2v) is 7.68. The first-order valence-corrected chi connectivity index (χ1v) is 8.73. The predicted octanol–water partition coefficient (Wildman–Crippen LogP) is 5.89. The molecular weight excluding hydrogens is 442 g/mol. The molecule has 0 spiro atoms. The van der Waals surface area contributed by atoms with E-state index in [0.29, 0.717) is 6.04 Å². The van der Waals surface area contributed by atoms with Gasteiger partial charge in [0, 0.05) is 36.3 Å². The highest BCUT2D eigenvalue weighted by Crippen LogP contribution is 2.27. The largest absolute Gasteiger partial charge is 0.305 e. The molecule has 2 rings (SSSR count). The smallest absolute Gasteiger partial charge is 0.0306 e. The van der Waals surface area contributed by atoms with Crippen molar-refractivity contribution < 1.29 is 0 Å². The summed E-state index contributed by atoms with van der Waals surface area (Å²) in [7, 11) is 0. The zero-order chi connectivity index (χ0) is 13.1.